The lowest BCUT2D eigenvalue weighted by molar-refractivity contribution is -0.142. The van der Waals surface area contributed by atoms with Gasteiger partial charge in [0.15, 0.2) is 0 Å². The van der Waals surface area contributed by atoms with E-state index in [-0.39, 0.29) is 5.92 Å². The molecule has 1 N–H and O–H groups in total. The van der Waals surface area contributed by atoms with Crippen LogP contribution in [0, 0.1) is 5.92 Å². The molecule has 0 heterocycles. The number of aliphatic carboxylic acids is 1. The number of hydrogen-bond donors (Lipinski definition) is 1. The van der Waals surface area contributed by atoms with E-state index in [1.807, 2.05) is 0 Å². The molecule has 0 rings (SSSR count). The van der Waals surface area contributed by atoms with Gasteiger partial charge in [0.2, 0.25) is 0 Å². The summed E-state index contributed by atoms with van der Waals surface area (Å²) in [6.07, 6.45) is 38.6. The van der Waals surface area contributed by atoms with Crippen LogP contribution in [0.4, 0.5) is 0 Å². The second kappa shape index (κ2) is 29.7. The van der Waals surface area contributed by atoms with Crippen LogP contribution >= 0.6 is 0 Å². The van der Waals surface area contributed by atoms with Crippen molar-refractivity contribution in [3.05, 3.63) is 0 Å². The van der Waals surface area contributed by atoms with Crippen LogP contribution in [0.3, 0.4) is 0 Å². The molecule has 0 bridgehead atoms. The zero-order chi connectivity index (χ0) is 25.7. The lowest BCUT2D eigenvalue weighted by atomic mass is 9.94. The molecule has 1 unspecified atom stereocenters. The van der Waals surface area contributed by atoms with Crippen molar-refractivity contribution in [1.29, 1.82) is 0 Å². The van der Waals surface area contributed by atoms with Gasteiger partial charge in [0.05, 0.1) is 5.92 Å². The fraction of sp³-hybridized carbons (Fsp3) is 0.970. The molecule has 0 saturated heterocycles. The van der Waals surface area contributed by atoms with Gasteiger partial charge in [-0.15, -0.1) is 0 Å². The van der Waals surface area contributed by atoms with Crippen molar-refractivity contribution >= 4 is 5.97 Å². The first-order valence-electron chi connectivity index (χ1n) is 16.4. The van der Waals surface area contributed by atoms with Gasteiger partial charge in [-0.1, -0.05) is 187 Å². The monoisotopic (exact) mass is 495 g/mol. The summed E-state index contributed by atoms with van der Waals surface area (Å²) in [6, 6.07) is 0. The molecule has 35 heavy (non-hydrogen) atoms. The first-order valence-corrected chi connectivity index (χ1v) is 16.4. The van der Waals surface area contributed by atoms with E-state index in [4.69, 9.17) is 0 Å². The van der Waals surface area contributed by atoms with E-state index in [0.717, 1.165) is 25.7 Å². The van der Waals surface area contributed by atoms with E-state index in [9.17, 15) is 9.90 Å². The average Bonchev–Trinajstić information content (AvgIpc) is 2.85. The van der Waals surface area contributed by atoms with Crippen molar-refractivity contribution in [3.63, 3.8) is 0 Å². The van der Waals surface area contributed by atoms with Crippen LogP contribution in [0.5, 0.6) is 0 Å². The highest BCUT2D eigenvalue weighted by Crippen LogP contribution is 2.20. The minimum Gasteiger partial charge on any atom is -0.481 e. The van der Waals surface area contributed by atoms with Gasteiger partial charge < -0.3 is 5.11 Å². The Morgan fingerprint density at radius 3 is 0.800 bits per heavy atom. The zero-order valence-corrected chi connectivity index (χ0v) is 24.4. The smallest absolute Gasteiger partial charge is 0.306 e. The van der Waals surface area contributed by atoms with Gasteiger partial charge in [0.1, 0.15) is 0 Å². The minimum atomic E-state index is -0.563. The Morgan fingerprint density at radius 1 is 0.400 bits per heavy atom. The maximum absolute atomic E-state index is 11.5. The summed E-state index contributed by atoms with van der Waals surface area (Å²) in [7, 11) is 0. The molecule has 0 aliphatic carbocycles. The summed E-state index contributed by atoms with van der Waals surface area (Å²) in [4.78, 5) is 11.5. The van der Waals surface area contributed by atoms with Crippen molar-refractivity contribution in [1.82, 2.24) is 0 Å². The fourth-order valence-electron chi connectivity index (χ4n) is 5.39. The third-order valence-corrected chi connectivity index (χ3v) is 7.91. The van der Waals surface area contributed by atoms with E-state index < -0.39 is 5.97 Å². The topological polar surface area (TPSA) is 37.3 Å². The summed E-state index contributed by atoms with van der Waals surface area (Å²) in [5.74, 6) is -0.659. The number of carboxylic acids is 1. The Balaban J connectivity index is 3.28. The fourth-order valence-corrected chi connectivity index (χ4v) is 5.39. The van der Waals surface area contributed by atoms with Crippen LogP contribution in [-0.4, -0.2) is 11.1 Å². The molecular weight excluding hydrogens is 428 g/mol. The number of carbonyl (C=O) groups is 1. The molecule has 0 aromatic rings. The van der Waals surface area contributed by atoms with Crippen molar-refractivity contribution < 1.29 is 9.90 Å². The predicted octanol–water partition coefficient (Wildman–Crippen LogP) is 12.0. The van der Waals surface area contributed by atoms with Crippen LogP contribution in [0.15, 0.2) is 0 Å². The molecule has 0 aromatic carbocycles. The van der Waals surface area contributed by atoms with E-state index in [2.05, 4.69) is 13.8 Å². The van der Waals surface area contributed by atoms with Gasteiger partial charge >= 0.3 is 5.97 Å². The SMILES string of the molecule is CCCCCCCCCCCCCCCCCCCCCCCC(CCCCCCCC)C(=O)O. The van der Waals surface area contributed by atoms with Gasteiger partial charge in [0.25, 0.3) is 0 Å². The molecule has 210 valence electrons. The third-order valence-electron chi connectivity index (χ3n) is 7.91. The van der Waals surface area contributed by atoms with Crippen molar-refractivity contribution in [2.45, 2.75) is 200 Å². The maximum Gasteiger partial charge on any atom is 0.306 e. The Hall–Kier alpha value is -0.530. The normalized spacial score (nSPS) is 12.3. The second-order valence-corrected chi connectivity index (χ2v) is 11.5. The largest absolute Gasteiger partial charge is 0.481 e. The molecule has 0 fully saturated rings. The first-order chi connectivity index (χ1) is 17.2. The van der Waals surface area contributed by atoms with E-state index in [1.165, 1.54) is 161 Å². The average molecular weight is 495 g/mol. The Morgan fingerprint density at radius 2 is 0.600 bits per heavy atom. The molecule has 0 amide bonds. The predicted molar refractivity (Wildman–Crippen MR) is 156 cm³/mol. The molecule has 0 radical (unpaired) electrons. The van der Waals surface area contributed by atoms with Crippen molar-refractivity contribution in [2.24, 2.45) is 5.92 Å². The Bertz CT molecular complexity index is 406. The minimum absolute atomic E-state index is 0.0958. The van der Waals surface area contributed by atoms with Crippen molar-refractivity contribution in [2.75, 3.05) is 0 Å². The highest BCUT2D eigenvalue weighted by atomic mass is 16.4. The van der Waals surface area contributed by atoms with Gasteiger partial charge in [-0.2, -0.15) is 0 Å². The molecule has 2 heteroatoms. The quantitative estimate of drug-likeness (QED) is 0.101. The molecule has 0 spiro atoms. The standard InChI is InChI=1S/C33H66O2/c1-3-5-7-9-11-12-13-14-15-16-17-18-19-20-21-22-23-24-25-27-29-31-32(33(34)35)30-28-26-10-8-6-4-2/h32H,3-31H2,1-2H3,(H,34,35). The van der Waals surface area contributed by atoms with E-state index in [1.54, 1.807) is 0 Å². The molecular formula is C33H66O2. The Labute approximate surface area is 221 Å². The number of rotatable bonds is 30. The first kappa shape index (κ1) is 34.5. The Kier molecular flexibility index (Phi) is 29.2. The van der Waals surface area contributed by atoms with Crippen LogP contribution in [-0.2, 0) is 4.79 Å². The zero-order valence-electron chi connectivity index (χ0n) is 24.4. The highest BCUT2D eigenvalue weighted by Gasteiger charge is 2.16. The van der Waals surface area contributed by atoms with Gasteiger partial charge in [-0.3, -0.25) is 4.79 Å². The second-order valence-electron chi connectivity index (χ2n) is 11.5. The molecule has 0 aliphatic rings. The highest BCUT2D eigenvalue weighted by molar-refractivity contribution is 5.69. The molecule has 2 nitrogen and oxygen atoms in total. The molecule has 0 aliphatic heterocycles. The van der Waals surface area contributed by atoms with Crippen LogP contribution in [0.1, 0.15) is 200 Å². The van der Waals surface area contributed by atoms with E-state index in [0.29, 0.717) is 0 Å². The lowest BCUT2D eigenvalue weighted by Gasteiger charge is -2.12. The molecule has 0 aromatic heterocycles. The lowest BCUT2D eigenvalue weighted by Crippen LogP contribution is -2.13. The van der Waals surface area contributed by atoms with Crippen molar-refractivity contribution in [3.8, 4) is 0 Å². The van der Waals surface area contributed by atoms with Gasteiger partial charge in [-0.05, 0) is 12.8 Å². The number of hydrogen-bond acceptors (Lipinski definition) is 1. The summed E-state index contributed by atoms with van der Waals surface area (Å²) < 4.78 is 0. The molecule has 1 atom stereocenters. The van der Waals surface area contributed by atoms with Crippen LogP contribution < -0.4 is 0 Å². The summed E-state index contributed by atoms with van der Waals surface area (Å²) >= 11 is 0. The number of carboxylic acid groups (broad SMARTS) is 1. The van der Waals surface area contributed by atoms with Crippen LogP contribution in [0.2, 0.25) is 0 Å². The van der Waals surface area contributed by atoms with Gasteiger partial charge in [0, 0.05) is 0 Å². The van der Waals surface area contributed by atoms with Crippen LogP contribution in [0.25, 0.3) is 0 Å². The maximum atomic E-state index is 11.5. The summed E-state index contributed by atoms with van der Waals surface area (Å²) in [5, 5.41) is 9.48. The third kappa shape index (κ3) is 27.9. The summed E-state index contributed by atoms with van der Waals surface area (Å²) in [5.41, 5.74) is 0. The van der Waals surface area contributed by atoms with E-state index >= 15 is 0 Å². The summed E-state index contributed by atoms with van der Waals surface area (Å²) in [6.45, 7) is 4.53. The van der Waals surface area contributed by atoms with Gasteiger partial charge in [-0.25, -0.2) is 0 Å². The number of unbranched alkanes of at least 4 members (excludes halogenated alkanes) is 25. The molecule has 0 saturated carbocycles.